The molecule has 0 unspecified atom stereocenters. The van der Waals surface area contributed by atoms with Crippen molar-refractivity contribution in [1.29, 1.82) is 5.26 Å². The van der Waals surface area contributed by atoms with Gasteiger partial charge in [0.05, 0.1) is 34.8 Å². The van der Waals surface area contributed by atoms with Crippen LogP contribution in [0.1, 0.15) is 40.9 Å². The first-order valence-electron chi connectivity index (χ1n) is 10.8. The number of hydrogen-bond acceptors (Lipinski definition) is 5. The van der Waals surface area contributed by atoms with E-state index in [0.717, 1.165) is 46.1 Å². The van der Waals surface area contributed by atoms with Crippen LogP contribution in [0, 0.1) is 24.2 Å². The summed E-state index contributed by atoms with van der Waals surface area (Å²) in [5.74, 6) is 0.858. The van der Waals surface area contributed by atoms with Crippen LogP contribution in [0.2, 0.25) is 0 Å². The third-order valence-electron chi connectivity index (χ3n) is 5.94. The Balaban J connectivity index is 1.48. The van der Waals surface area contributed by atoms with Gasteiger partial charge in [0.15, 0.2) is 5.82 Å². The largest absolute Gasteiger partial charge is 0.419 e. The summed E-state index contributed by atoms with van der Waals surface area (Å²) < 4.78 is 42.0. The van der Waals surface area contributed by atoms with E-state index in [-0.39, 0.29) is 5.82 Å². The molecule has 0 N–H and O–H groups in total. The summed E-state index contributed by atoms with van der Waals surface area (Å²) in [7, 11) is 0. The van der Waals surface area contributed by atoms with Gasteiger partial charge in [0.2, 0.25) is 0 Å². The highest BCUT2D eigenvalue weighted by molar-refractivity contribution is 5.65. The van der Waals surface area contributed by atoms with Crippen LogP contribution < -0.4 is 0 Å². The highest BCUT2D eigenvalue weighted by atomic mass is 19.4. The van der Waals surface area contributed by atoms with Gasteiger partial charge < -0.3 is 0 Å². The number of aromatic nitrogens is 6. The minimum atomic E-state index is -4.47. The van der Waals surface area contributed by atoms with Crippen LogP contribution in [0.15, 0.2) is 49.1 Å². The van der Waals surface area contributed by atoms with E-state index < -0.39 is 11.7 Å². The molecule has 10 heteroatoms. The predicted molar refractivity (Wildman–Crippen MR) is 117 cm³/mol. The van der Waals surface area contributed by atoms with Crippen LogP contribution in [0.3, 0.4) is 0 Å². The molecule has 1 aromatic carbocycles. The molecule has 3 aromatic heterocycles. The van der Waals surface area contributed by atoms with Crippen molar-refractivity contribution in [2.24, 2.45) is 5.92 Å². The summed E-state index contributed by atoms with van der Waals surface area (Å²) in [5, 5.41) is 17.8. The highest BCUT2D eigenvalue weighted by Crippen LogP contribution is 2.34. The van der Waals surface area contributed by atoms with Crippen molar-refractivity contribution in [1.82, 2.24) is 29.5 Å². The van der Waals surface area contributed by atoms with Crippen LogP contribution in [0.4, 0.5) is 13.2 Å². The Kier molecular flexibility index (Phi) is 5.40. The second-order valence-corrected chi connectivity index (χ2v) is 8.45. The molecule has 0 amide bonds. The first-order chi connectivity index (χ1) is 16.3. The molecule has 172 valence electrons. The molecule has 5 rings (SSSR count). The van der Waals surface area contributed by atoms with E-state index in [4.69, 9.17) is 10.4 Å². The molecule has 0 bridgehead atoms. The Morgan fingerprint density at radius 3 is 2.56 bits per heavy atom. The van der Waals surface area contributed by atoms with Gasteiger partial charge in [-0.25, -0.2) is 14.6 Å². The zero-order chi connectivity index (χ0) is 23.9. The second-order valence-electron chi connectivity index (χ2n) is 8.45. The van der Waals surface area contributed by atoms with E-state index in [0.29, 0.717) is 23.6 Å². The molecule has 0 spiro atoms. The Labute approximate surface area is 193 Å². The molecule has 7 nitrogen and oxygen atoms in total. The van der Waals surface area contributed by atoms with Crippen LogP contribution >= 0.6 is 0 Å². The maximum Gasteiger partial charge on any atom is 0.419 e. The molecular weight excluding hydrogens is 443 g/mol. The Hall–Kier alpha value is -4.00. The number of benzene rings is 1. The van der Waals surface area contributed by atoms with Gasteiger partial charge >= 0.3 is 6.18 Å². The first kappa shape index (κ1) is 21.8. The van der Waals surface area contributed by atoms with Gasteiger partial charge in [0.25, 0.3) is 0 Å². The lowest BCUT2D eigenvalue weighted by molar-refractivity contribution is -0.137. The maximum atomic E-state index is 13.0. The van der Waals surface area contributed by atoms with E-state index in [1.807, 2.05) is 23.7 Å². The third-order valence-corrected chi connectivity index (χ3v) is 5.94. The molecule has 0 atom stereocenters. The number of nitrogens with zero attached hydrogens (tertiary/aromatic N) is 7. The van der Waals surface area contributed by atoms with Gasteiger partial charge in [-0.1, -0.05) is 12.1 Å². The number of hydrogen-bond donors (Lipinski definition) is 0. The Morgan fingerprint density at radius 1 is 1.15 bits per heavy atom. The van der Waals surface area contributed by atoms with Crippen molar-refractivity contribution < 1.29 is 13.2 Å². The Bertz CT molecular complexity index is 1370. The number of alkyl halides is 3. The average molecular weight is 463 g/mol. The molecule has 0 aliphatic heterocycles. The lowest BCUT2D eigenvalue weighted by Gasteiger charge is -2.09. The standard InChI is InChI=1S/C24H20F3N7/c1-15-21(8-20-9-22(30-14-29-20)34-13-19(11-31-34)24(25,26)27)33(12-17-2-3-17)32-23(15)18-6-4-16(10-28)5-7-18/h4-7,9,11,13-14,17H,2-3,8,12H2,1H3. The smallest absolute Gasteiger partial charge is 0.268 e. The molecule has 0 saturated heterocycles. The summed E-state index contributed by atoms with van der Waals surface area (Å²) >= 11 is 0. The molecule has 3 heterocycles. The predicted octanol–water partition coefficient (Wildman–Crippen LogP) is 4.73. The monoisotopic (exact) mass is 463 g/mol. The average Bonchev–Trinajstić information content (AvgIpc) is 3.39. The van der Waals surface area contributed by atoms with E-state index in [1.165, 1.54) is 19.2 Å². The van der Waals surface area contributed by atoms with Crippen molar-refractivity contribution in [3.05, 3.63) is 77.1 Å². The fraction of sp³-hybridized carbons (Fsp3) is 0.292. The summed E-state index contributed by atoms with van der Waals surface area (Å²) in [5.41, 5.74) is 4.16. The molecular formula is C24H20F3N7. The van der Waals surface area contributed by atoms with E-state index in [1.54, 1.807) is 18.2 Å². The molecule has 0 radical (unpaired) electrons. The SMILES string of the molecule is Cc1c(-c2ccc(C#N)cc2)nn(CC2CC2)c1Cc1cc(-n2cc(C(F)(F)F)cn2)ncn1. The van der Waals surface area contributed by atoms with Gasteiger partial charge in [-0.15, -0.1) is 0 Å². The molecule has 1 fully saturated rings. The first-order valence-corrected chi connectivity index (χ1v) is 10.8. The van der Waals surface area contributed by atoms with Crippen LogP contribution in [0.25, 0.3) is 17.1 Å². The normalized spacial score (nSPS) is 13.7. The van der Waals surface area contributed by atoms with Crippen LogP contribution in [-0.2, 0) is 19.1 Å². The summed E-state index contributed by atoms with van der Waals surface area (Å²) in [6.45, 7) is 2.81. The van der Waals surface area contributed by atoms with Crippen molar-refractivity contribution in [3.8, 4) is 23.1 Å². The second kappa shape index (κ2) is 8.41. The molecule has 1 aliphatic carbocycles. The molecule has 1 saturated carbocycles. The minimum Gasteiger partial charge on any atom is -0.268 e. The molecule has 1 aliphatic rings. The van der Waals surface area contributed by atoms with Crippen molar-refractivity contribution in [2.75, 3.05) is 0 Å². The summed E-state index contributed by atoms with van der Waals surface area (Å²) in [4.78, 5) is 8.44. The van der Waals surface area contributed by atoms with Gasteiger partial charge in [-0.05, 0) is 43.4 Å². The quantitative estimate of drug-likeness (QED) is 0.413. The number of rotatable bonds is 6. The summed E-state index contributed by atoms with van der Waals surface area (Å²) in [6.07, 6.45) is 1.34. The molecule has 4 aromatic rings. The van der Waals surface area contributed by atoms with Crippen molar-refractivity contribution in [2.45, 2.75) is 38.9 Å². The number of halogens is 3. The number of nitriles is 1. The van der Waals surface area contributed by atoms with Crippen LogP contribution in [-0.4, -0.2) is 29.5 Å². The van der Waals surface area contributed by atoms with Gasteiger partial charge in [0.1, 0.15) is 6.33 Å². The fourth-order valence-corrected chi connectivity index (χ4v) is 3.86. The van der Waals surface area contributed by atoms with Gasteiger partial charge in [-0.2, -0.15) is 28.6 Å². The fourth-order valence-electron chi connectivity index (χ4n) is 3.86. The Morgan fingerprint density at radius 2 is 1.91 bits per heavy atom. The molecule has 34 heavy (non-hydrogen) atoms. The zero-order valence-electron chi connectivity index (χ0n) is 18.3. The van der Waals surface area contributed by atoms with Crippen LogP contribution in [0.5, 0.6) is 0 Å². The minimum absolute atomic E-state index is 0.263. The lowest BCUT2D eigenvalue weighted by atomic mass is 10.0. The highest BCUT2D eigenvalue weighted by Gasteiger charge is 2.32. The van der Waals surface area contributed by atoms with E-state index in [2.05, 4.69) is 21.1 Å². The zero-order valence-corrected chi connectivity index (χ0v) is 18.3. The summed E-state index contributed by atoms with van der Waals surface area (Å²) in [6, 6.07) is 11.1. The van der Waals surface area contributed by atoms with E-state index >= 15 is 0 Å². The van der Waals surface area contributed by atoms with Crippen molar-refractivity contribution >= 4 is 0 Å². The maximum absolute atomic E-state index is 13.0. The van der Waals surface area contributed by atoms with Gasteiger partial charge in [0, 0.05) is 36.5 Å². The topological polar surface area (TPSA) is 85.2 Å². The van der Waals surface area contributed by atoms with Crippen molar-refractivity contribution in [3.63, 3.8) is 0 Å². The lowest BCUT2D eigenvalue weighted by Crippen LogP contribution is -2.09. The third kappa shape index (κ3) is 4.41. The van der Waals surface area contributed by atoms with Gasteiger partial charge in [-0.3, -0.25) is 4.68 Å². The van der Waals surface area contributed by atoms with E-state index in [9.17, 15) is 13.2 Å².